The fourth-order valence-electron chi connectivity index (χ4n) is 1.64. The van der Waals surface area contributed by atoms with Crippen LogP contribution in [0.3, 0.4) is 0 Å². The number of rotatable bonds is 4. The molecule has 0 aromatic heterocycles. The number of phenolic OH excluding ortho intramolecular Hbond substituents is 1. The van der Waals surface area contributed by atoms with Crippen LogP contribution in [0.1, 0.15) is 5.56 Å². The number of aryl methyl sites for hydroxylation is 1. The van der Waals surface area contributed by atoms with Gasteiger partial charge < -0.3 is 5.11 Å². The second-order valence-electron chi connectivity index (χ2n) is 4.38. The van der Waals surface area contributed by atoms with E-state index in [0.29, 0.717) is 0 Å². The maximum atomic E-state index is 12.1. The zero-order valence-electron chi connectivity index (χ0n) is 11.0. The lowest BCUT2D eigenvalue weighted by molar-refractivity contribution is -0.384. The van der Waals surface area contributed by atoms with Gasteiger partial charge in [0.05, 0.1) is 21.6 Å². The molecule has 0 unspecified atom stereocenters. The summed E-state index contributed by atoms with van der Waals surface area (Å²) in [6, 6.07) is 9.27. The van der Waals surface area contributed by atoms with Crippen LogP contribution in [0.25, 0.3) is 0 Å². The number of anilines is 1. The van der Waals surface area contributed by atoms with Crippen LogP contribution in [0, 0.1) is 17.0 Å². The topological polar surface area (TPSA) is 110 Å². The highest BCUT2D eigenvalue weighted by molar-refractivity contribution is 7.92. The van der Waals surface area contributed by atoms with Crippen LogP contribution in [0.15, 0.2) is 47.4 Å². The van der Waals surface area contributed by atoms with Gasteiger partial charge in [0.2, 0.25) is 0 Å². The Labute approximate surface area is 121 Å². The molecule has 2 aromatic carbocycles. The summed E-state index contributed by atoms with van der Waals surface area (Å²) in [6.45, 7) is 1.83. The maximum Gasteiger partial charge on any atom is 0.273 e. The Kier molecular flexibility index (Phi) is 3.81. The molecule has 8 heteroatoms. The van der Waals surface area contributed by atoms with E-state index < -0.39 is 20.7 Å². The predicted molar refractivity (Wildman–Crippen MR) is 76.7 cm³/mol. The number of nitro groups is 1. The van der Waals surface area contributed by atoms with Crippen LogP contribution in [-0.4, -0.2) is 18.4 Å². The number of nitro benzene ring substituents is 1. The van der Waals surface area contributed by atoms with Crippen molar-refractivity contribution in [2.75, 3.05) is 4.72 Å². The fourth-order valence-corrected chi connectivity index (χ4v) is 2.72. The van der Waals surface area contributed by atoms with Crippen LogP contribution in [0.2, 0.25) is 0 Å². The molecule has 0 fully saturated rings. The molecule has 0 spiro atoms. The Balaban J connectivity index is 2.32. The van der Waals surface area contributed by atoms with Crippen molar-refractivity contribution in [2.24, 2.45) is 0 Å². The molecule has 0 bridgehead atoms. The number of benzene rings is 2. The van der Waals surface area contributed by atoms with Crippen LogP contribution in [-0.2, 0) is 10.0 Å². The second-order valence-corrected chi connectivity index (χ2v) is 6.06. The van der Waals surface area contributed by atoms with Crippen molar-refractivity contribution >= 4 is 21.4 Å². The molecule has 0 radical (unpaired) electrons. The normalized spacial score (nSPS) is 11.1. The first kappa shape index (κ1) is 14.8. The molecule has 0 aliphatic rings. The largest absolute Gasteiger partial charge is 0.505 e. The molecule has 0 atom stereocenters. The first-order valence-corrected chi connectivity index (χ1v) is 7.35. The third-order valence-corrected chi connectivity index (χ3v) is 4.15. The highest BCUT2D eigenvalue weighted by Gasteiger charge is 2.17. The first-order chi connectivity index (χ1) is 9.79. The molecule has 0 saturated heterocycles. The van der Waals surface area contributed by atoms with Gasteiger partial charge in [-0.05, 0) is 25.1 Å². The van der Waals surface area contributed by atoms with E-state index in [9.17, 15) is 23.6 Å². The van der Waals surface area contributed by atoms with Crippen molar-refractivity contribution < 1.29 is 18.4 Å². The SMILES string of the molecule is Cc1ccc(S(=O)(=O)Nc2ccc([N+](=O)[O-])cc2O)cc1. The molecule has 7 nitrogen and oxygen atoms in total. The zero-order valence-corrected chi connectivity index (χ0v) is 11.8. The summed E-state index contributed by atoms with van der Waals surface area (Å²) in [6.07, 6.45) is 0. The van der Waals surface area contributed by atoms with Gasteiger partial charge in [-0.1, -0.05) is 17.7 Å². The molecule has 0 saturated carbocycles. The molecule has 2 rings (SSSR count). The molecule has 0 amide bonds. The average molecular weight is 308 g/mol. The number of hydrogen-bond donors (Lipinski definition) is 2. The van der Waals surface area contributed by atoms with Crippen molar-refractivity contribution in [1.29, 1.82) is 0 Å². The van der Waals surface area contributed by atoms with Crippen molar-refractivity contribution in [1.82, 2.24) is 0 Å². The van der Waals surface area contributed by atoms with Crippen LogP contribution >= 0.6 is 0 Å². The number of non-ortho nitro benzene ring substituents is 1. The summed E-state index contributed by atoms with van der Waals surface area (Å²) in [4.78, 5) is 9.91. The fraction of sp³-hybridized carbons (Fsp3) is 0.0769. The van der Waals surface area contributed by atoms with Gasteiger partial charge >= 0.3 is 0 Å². The monoisotopic (exact) mass is 308 g/mol. The number of sulfonamides is 1. The van der Waals surface area contributed by atoms with Crippen molar-refractivity contribution in [3.8, 4) is 5.75 Å². The third kappa shape index (κ3) is 3.29. The minimum atomic E-state index is -3.87. The van der Waals surface area contributed by atoms with E-state index in [1.165, 1.54) is 12.1 Å². The summed E-state index contributed by atoms with van der Waals surface area (Å²) in [5.74, 6) is -0.514. The predicted octanol–water partition coefficient (Wildman–Crippen LogP) is 2.41. The molecule has 2 aromatic rings. The van der Waals surface area contributed by atoms with E-state index in [1.54, 1.807) is 12.1 Å². The smallest absolute Gasteiger partial charge is 0.273 e. The standard InChI is InChI=1S/C13H12N2O5S/c1-9-2-5-11(6-3-9)21(19,20)14-12-7-4-10(15(17)18)8-13(12)16/h2-8,14,16H,1H3. The van der Waals surface area contributed by atoms with Gasteiger partial charge in [-0.2, -0.15) is 0 Å². The first-order valence-electron chi connectivity index (χ1n) is 5.86. The van der Waals surface area contributed by atoms with E-state index in [2.05, 4.69) is 4.72 Å². The van der Waals surface area contributed by atoms with E-state index >= 15 is 0 Å². The summed E-state index contributed by atoms with van der Waals surface area (Å²) >= 11 is 0. The third-order valence-electron chi connectivity index (χ3n) is 2.77. The van der Waals surface area contributed by atoms with Crippen LogP contribution < -0.4 is 4.72 Å². The maximum absolute atomic E-state index is 12.1. The van der Waals surface area contributed by atoms with E-state index in [4.69, 9.17) is 0 Å². The van der Waals surface area contributed by atoms with Gasteiger partial charge in [0.15, 0.2) is 0 Å². The minimum Gasteiger partial charge on any atom is -0.505 e. The Morgan fingerprint density at radius 1 is 1.14 bits per heavy atom. The van der Waals surface area contributed by atoms with Gasteiger partial charge in [-0.15, -0.1) is 0 Å². The lowest BCUT2D eigenvalue weighted by atomic mass is 10.2. The second kappa shape index (κ2) is 5.41. The Hall–Kier alpha value is -2.61. The minimum absolute atomic E-state index is 0.0332. The Morgan fingerprint density at radius 2 is 1.76 bits per heavy atom. The van der Waals surface area contributed by atoms with E-state index in [1.807, 2.05) is 6.92 Å². The van der Waals surface area contributed by atoms with E-state index in [-0.39, 0.29) is 16.3 Å². The van der Waals surface area contributed by atoms with Gasteiger partial charge in [-0.3, -0.25) is 14.8 Å². The molecule has 0 aliphatic heterocycles. The number of phenols is 1. The molecule has 0 aliphatic carbocycles. The lowest BCUT2D eigenvalue weighted by Crippen LogP contribution is -2.13. The molecule has 2 N–H and O–H groups in total. The lowest BCUT2D eigenvalue weighted by Gasteiger charge is -2.09. The highest BCUT2D eigenvalue weighted by atomic mass is 32.2. The zero-order chi connectivity index (χ0) is 15.6. The molecular weight excluding hydrogens is 296 g/mol. The van der Waals surface area contributed by atoms with Crippen molar-refractivity contribution in [3.05, 3.63) is 58.1 Å². The van der Waals surface area contributed by atoms with Gasteiger partial charge in [-0.25, -0.2) is 8.42 Å². The summed E-state index contributed by atoms with van der Waals surface area (Å²) in [5, 5.41) is 20.2. The Bertz CT molecular complexity index is 785. The number of hydrogen-bond acceptors (Lipinski definition) is 5. The van der Waals surface area contributed by atoms with Crippen molar-refractivity contribution in [3.63, 3.8) is 0 Å². The summed E-state index contributed by atoms with van der Waals surface area (Å²) in [5.41, 5.74) is 0.457. The van der Waals surface area contributed by atoms with Crippen LogP contribution in [0.4, 0.5) is 11.4 Å². The number of nitrogens with one attached hydrogen (secondary N) is 1. The number of nitrogens with zero attached hydrogens (tertiary/aromatic N) is 1. The molecule has 0 heterocycles. The average Bonchev–Trinajstić information content (AvgIpc) is 2.41. The van der Waals surface area contributed by atoms with Crippen molar-refractivity contribution in [2.45, 2.75) is 11.8 Å². The molecule has 21 heavy (non-hydrogen) atoms. The van der Waals surface area contributed by atoms with Gasteiger partial charge in [0, 0.05) is 6.07 Å². The summed E-state index contributed by atoms with van der Waals surface area (Å²) in [7, 11) is -3.87. The Morgan fingerprint density at radius 3 is 2.29 bits per heavy atom. The summed E-state index contributed by atoms with van der Waals surface area (Å²) < 4.78 is 26.4. The number of aromatic hydroxyl groups is 1. The van der Waals surface area contributed by atoms with Gasteiger partial charge in [0.1, 0.15) is 5.75 Å². The molecule has 110 valence electrons. The molecular formula is C13H12N2O5S. The highest BCUT2D eigenvalue weighted by Crippen LogP contribution is 2.29. The van der Waals surface area contributed by atoms with Crippen LogP contribution in [0.5, 0.6) is 5.75 Å². The quantitative estimate of drug-likeness (QED) is 0.512. The van der Waals surface area contributed by atoms with E-state index in [0.717, 1.165) is 23.8 Å². The van der Waals surface area contributed by atoms with Gasteiger partial charge in [0.25, 0.3) is 15.7 Å².